The van der Waals surface area contributed by atoms with E-state index in [1.807, 2.05) is 0 Å². The molecule has 31 heavy (non-hydrogen) atoms. The van der Waals surface area contributed by atoms with Gasteiger partial charge in [0.15, 0.2) is 0 Å². The molecule has 1 amide bonds. The third-order valence-electron chi connectivity index (χ3n) is 4.29. The molecule has 1 aromatic carbocycles. The lowest BCUT2D eigenvalue weighted by Crippen LogP contribution is -2.16. The van der Waals surface area contributed by atoms with Crippen molar-refractivity contribution in [1.29, 1.82) is 0 Å². The largest absolute Gasteiger partial charge is 0.489 e. The Labute approximate surface area is 175 Å². The fraction of sp³-hybridized carbons (Fsp3) is 0.250. The standard InChI is InChI=1S/C20H20F3N5O3/c1-12-17(19(29)26-16-8-7-13(11-25-16)20(21,22)23)18(24)28(27-12)14-5-3-4-6-15(14)31-10-9-30-2/h3-8,11H,9-10,24H2,1-2H3,(H,25,26,29). The van der Waals surface area contributed by atoms with Gasteiger partial charge in [-0.15, -0.1) is 0 Å². The molecule has 0 bridgehead atoms. The van der Waals surface area contributed by atoms with E-state index in [0.29, 0.717) is 36.5 Å². The Morgan fingerprint density at radius 3 is 2.58 bits per heavy atom. The van der Waals surface area contributed by atoms with Crippen molar-refractivity contribution in [2.45, 2.75) is 13.1 Å². The molecule has 0 unspecified atom stereocenters. The molecule has 3 aromatic rings. The average Bonchev–Trinajstić information content (AvgIpc) is 3.02. The molecule has 3 N–H and O–H groups in total. The molecule has 3 rings (SSSR count). The summed E-state index contributed by atoms with van der Waals surface area (Å²) in [7, 11) is 1.56. The highest BCUT2D eigenvalue weighted by Gasteiger charge is 2.31. The topological polar surface area (TPSA) is 104 Å². The van der Waals surface area contributed by atoms with Gasteiger partial charge in [0, 0.05) is 13.3 Å². The van der Waals surface area contributed by atoms with Gasteiger partial charge in [-0.05, 0) is 31.2 Å². The van der Waals surface area contributed by atoms with Gasteiger partial charge in [-0.1, -0.05) is 12.1 Å². The highest BCUT2D eigenvalue weighted by Crippen LogP contribution is 2.30. The minimum absolute atomic E-state index is 0.0460. The third-order valence-corrected chi connectivity index (χ3v) is 4.29. The number of aromatic nitrogens is 3. The number of anilines is 2. The van der Waals surface area contributed by atoms with Gasteiger partial charge in [-0.3, -0.25) is 4.79 Å². The van der Waals surface area contributed by atoms with Crippen LogP contribution in [0.25, 0.3) is 5.69 Å². The van der Waals surface area contributed by atoms with Crippen LogP contribution in [0, 0.1) is 6.92 Å². The normalized spacial score (nSPS) is 11.4. The van der Waals surface area contributed by atoms with E-state index in [0.717, 1.165) is 12.1 Å². The third kappa shape index (κ3) is 4.94. The number of carbonyl (C=O) groups is 1. The van der Waals surface area contributed by atoms with Crippen LogP contribution in [-0.2, 0) is 10.9 Å². The van der Waals surface area contributed by atoms with E-state index in [9.17, 15) is 18.0 Å². The Hall–Kier alpha value is -3.60. The van der Waals surface area contributed by atoms with Crippen LogP contribution in [0.2, 0.25) is 0 Å². The molecule has 0 saturated heterocycles. The predicted octanol–water partition coefficient (Wildman–Crippen LogP) is 3.45. The van der Waals surface area contributed by atoms with E-state index in [1.165, 1.54) is 4.68 Å². The summed E-state index contributed by atoms with van der Waals surface area (Å²) >= 11 is 0. The molecule has 164 valence electrons. The zero-order valence-corrected chi connectivity index (χ0v) is 16.7. The second-order valence-corrected chi connectivity index (χ2v) is 6.45. The summed E-state index contributed by atoms with van der Waals surface area (Å²) < 4.78 is 50.1. The molecule has 2 heterocycles. The van der Waals surface area contributed by atoms with Gasteiger partial charge in [-0.2, -0.15) is 18.3 Å². The average molecular weight is 435 g/mol. The zero-order chi connectivity index (χ0) is 22.6. The number of alkyl halides is 3. The molecule has 0 aliphatic heterocycles. The van der Waals surface area contributed by atoms with Gasteiger partial charge in [0.2, 0.25) is 0 Å². The molecule has 0 aliphatic rings. The van der Waals surface area contributed by atoms with Crippen LogP contribution >= 0.6 is 0 Å². The minimum atomic E-state index is -4.52. The number of carbonyl (C=O) groups excluding carboxylic acids is 1. The van der Waals surface area contributed by atoms with Crippen molar-refractivity contribution in [3.05, 3.63) is 59.4 Å². The Bertz CT molecular complexity index is 1060. The molecular weight excluding hydrogens is 415 g/mol. The van der Waals surface area contributed by atoms with Crippen molar-refractivity contribution in [2.75, 3.05) is 31.4 Å². The summed E-state index contributed by atoms with van der Waals surface area (Å²) in [6.45, 7) is 2.28. The molecule has 0 atom stereocenters. The first-order valence-corrected chi connectivity index (χ1v) is 9.13. The quantitative estimate of drug-likeness (QED) is 0.551. The summed E-state index contributed by atoms with van der Waals surface area (Å²) in [4.78, 5) is 16.4. The van der Waals surface area contributed by atoms with Gasteiger partial charge >= 0.3 is 6.18 Å². The zero-order valence-electron chi connectivity index (χ0n) is 16.7. The van der Waals surface area contributed by atoms with Crippen molar-refractivity contribution in [3.8, 4) is 11.4 Å². The number of nitrogens with one attached hydrogen (secondary N) is 1. The highest BCUT2D eigenvalue weighted by atomic mass is 19.4. The van der Waals surface area contributed by atoms with Crippen molar-refractivity contribution in [1.82, 2.24) is 14.8 Å². The number of nitrogen functional groups attached to an aromatic ring is 1. The van der Waals surface area contributed by atoms with Gasteiger partial charge in [-0.25, -0.2) is 9.67 Å². The number of pyridine rings is 1. The number of ether oxygens (including phenoxy) is 2. The Kier molecular flexibility index (Phi) is 6.44. The molecule has 0 aliphatic carbocycles. The predicted molar refractivity (Wildman–Crippen MR) is 107 cm³/mol. The van der Waals surface area contributed by atoms with Crippen molar-refractivity contribution >= 4 is 17.5 Å². The molecule has 8 nitrogen and oxygen atoms in total. The second kappa shape index (κ2) is 9.04. The lowest BCUT2D eigenvalue weighted by molar-refractivity contribution is -0.137. The van der Waals surface area contributed by atoms with E-state index in [4.69, 9.17) is 15.2 Å². The fourth-order valence-corrected chi connectivity index (χ4v) is 2.81. The van der Waals surface area contributed by atoms with E-state index in [1.54, 1.807) is 38.3 Å². The van der Waals surface area contributed by atoms with Crippen LogP contribution < -0.4 is 15.8 Å². The van der Waals surface area contributed by atoms with Gasteiger partial charge in [0.05, 0.1) is 17.9 Å². The number of nitrogens with two attached hydrogens (primary N) is 1. The van der Waals surface area contributed by atoms with E-state index in [-0.39, 0.29) is 17.2 Å². The monoisotopic (exact) mass is 435 g/mol. The molecule has 0 saturated carbocycles. The summed E-state index contributed by atoms with van der Waals surface area (Å²) in [6, 6.07) is 8.89. The Morgan fingerprint density at radius 1 is 1.19 bits per heavy atom. The van der Waals surface area contributed by atoms with Crippen molar-refractivity contribution < 1.29 is 27.4 Å². The van der Waals surface area contributed by atoms with Crippen LogP contribution in [0.4, 0.5) is 24.8 Å². The highest BCUT2D eigenvalue weighted by molar-refractivity contribution is 6.07. The van der Waals surface area contributed by atoms with Crippen LogP contribution in [0.5, 0.6) is 5.75 Å². The first kappa shape index (κ1) is 22.1. The van der Waals surface area contributed by atoms with Gasteiger partial charge in [0.1, 0.15) is 35.2 Å². The number of methoxy groups -OCH3 is 1. The molecular formula is C20H20F3N5O3. The number of aryl methyl sites for hydroxylation is 1. The molecule has 0 spiro atoms. The lowest BCUT2D eigenvalue weighted by atomic mass is 10.2. The van der Waals surface area contributed by atoms with E-state index < -0.39 is 17.6 Å². The maximum atomic E-state index is 12.7. The summed E-state index contributed by atoms with van der Waals surface area (Å²) in [5, 5.41) is 6.77. The van der Waals surface area contributed by atoms with Gasteiger partial charge in [0.25, 0.3) is 5.91 Å². The molecule has 0 radical (unpaired) electrons. The maximum absolute atomic E-state index is 12.7. The molecule has 11 heteroatoms. The second-order valence-electron chi connectivity index (χ2n) is 6.45. The van der Waals surface area contributed by atoms with Crippen molar-refractivity contribution in [2.24, 2.45) is 0 Å². The fourth-order valence-electron chi connectivity index (χ4n) is 2.81. The number of nitrogens with zero attached hydrogens (tertiary/aromatic N) is 3. The SMILES string of the molecule is COCCOc1ccccc1-n1nc(C)c(C(=O)Nc2ccc(C(F)(F)F)cn2)c1N. The number of rotatable bonds is 7. The maximum Gasteiger partial charge on any atom is 0.417 e. The smallest absolute Gasteiger partial charge is 0.417 e. The number of amides is 1. The first-order chi connectivity index (χ1) is 14.7. The van der Waals surface area contributed by atoms with E-state index >= 15 is 0 Å². The van der Waals surface area contributed by atoms with Crippen molar-refractivity contribution in [3.63, 3.8) is 0 Å². The van der Waals surface area contributed by atoms with Crippen LogP contribution in [0.15, 0.2) is 42.6 Å². The Morgan fingerprint density at radius 2 is 1.94 bits per heavy atom. The molecule has 2 aromatic heterocycles. The van der Waals surface area contributed by atoms with Gasteiger partial charge < -0.3 is 20.5 Å². The van der Waals surface area contributed by atoms with Crippen LogP contribution in [-0.4, -0.2) is 41.0 Å². The molecule has 0 fully saturated rings. The number of halogens is 3. The summed E-state index contributed by atoms with van der Waals surface area (Å²) in [5.41, 5.74) is 6.19. The number of hydrogen-bond donors (Lipinski definition) is 2. The minimum Gasteiger partial charge on any atom is -0.489 e. The number of para-hydroxylation sites is 2. The van der Waals surface area contributed by atoms with Crippen LogP contribution in [0.1, 0.15) is 21.6 Å². The lowest BCUT2D eigenvalue weighted by Gasteiger charge is -2.12. The summed E-state index contributed by atoms with van der Waals surface area (Å²) in [5.74, 6) is -0.158. The number of benzene rings is 1. The van der Waals surface area contributed by atoms with E-state index in [2.05, 4.69) is 15.4 Å². The Balaban J connectivity index is 1.86. The first-order valence-electron chi connectivity index (χ1n) is 9.13. The summed E-state index contributed by atoms with van der Waals surface area (Å²) in [6.07, 6.45) is -3.88. The number of hydrogen-bond acceptors (Lipinski definition) is 6. The van der Waals surface area contributed by atoms with Crippen LogP contribution in [0.3, 0.4) is 0 Å².